The molecule has 0 saturated heterocycles. The van der Waals surface area contributed by atoms with Gasteiger partial charge in [0.15, 0.2) is 0 Å². The third-order valence-corrected chi connectivity index (χ3v) is 6.04. The van der Waals surface area contributed by atoms with Crippen molar-refractivity contribution in [2.75, 3.05) is 0 Å². The maximum Gasteiger partial charge on any atom is 0.264 e. The van der Waals surface area contributed by atoms with Crippen molar-refractivity contribution in [2.24, 2.45) is 0 Å². The fraction of sp³-hybridized carbons (Fsp3) is 0.333. The van der Waals surface area contributed by atoms with Crippen LogP contribution < -0.4 is 5.56 Å². The van der Waals surface area contributed by atoms with E-state index in [0.717, 1.165) is 41.5 Å². The molecule has 0 atom stereocenters. The van der Waals surface area contributed by atoms with Crippen LogP contribution in [0.15, 0.2) is 52.6 Å². The number of benzene rings is 1. The summed E-state index contributed by atoms with van der Waals surface area (Å²) in [6, 6.07) is 13.7. The van der Waals surface area contributed by atoms with Crippen molar-refractivity contribution < 1.29 is 4.79 Å². The maximum absolute atomic E-state index is 13.1. The number of hydrogen-bond acceptors (Lipinski definition) is 3. The molecular weight excluding hydrogens is 344 g/mol. The minimum atomic E-state index is -0.108. The highest BCUT2D eigenvalue weighted by Crippen LogP contribution is 2.26. The SMILES string of the molecule is O=C(c1cccs1)N(Cc1cc2ccccc2[nH]c1=O)C1CCCCC1. The van der Waals surface area contributed by atoms with Gasteiger partial charge in [0.05, 0.1) is 11.4 Å². The maximum atomic E-state index is 13.1. The lowest BCUT2D eigenvalue weighted by Crippen LogP contribution is -2.41. The highest BCUT2D eigenvalue weighted by atomic mass is 32.1. The van der Waals surface area contributed by atoms with Crippen LogP contribution in [0.3, 0.4) is 0 Å². The monoisotopic (exact) mass is 366 g/mol. The van der Waals surface area contributed by atoms with E-state index in [1.807, 2.05) is 52.7 Å². The van der Waals surface area contributed by atoms with Gasteiger partial charge in [0.1, 0.15) is 0 Å². The van der Waals surface area contributed by atoms with Gasteiger partial charge in [0.2, 0.25) is 0 Å². The molecule has 2 aromatic heterocycles. The standard InChI is InChI=1S/C21H22N2O2S/c24-20-16(13-15-7-4-5-10-18(15)22-20)14-23(17-8-2-1-3-9-17)21(25)19-11-6-12-26-19/h4-7,10-13,17H,1-3,8-9,14H2,(H,22,24). The van der Waals surface area contributed by atoms with E-state index in [-0.39, 0.29) is 17.5 Å². The highest BCUT2D eigenvalue weighted by molar-refractivity contribution is 7.12. The summed E-state index contributed by atoms with van der Waals surface area (Å²) in [5, 5.41) is 2.92. The topological polar surface area (TPSA) is 53.2 Å². The lowest BCUT2D eigenvalue weighted by molar-refractivity contribution is 0.0618. The number of thiophene rings is 1. The summed E-state index contributed by atoms with van der Waals surface area (Å²) in [5.74, 6) is 0.0412. The zero-order chi connectivity index (χ0) is 17.9. The van der Waals surface area contributed by atoms with Crippen molar-refractivity contribution >= 4 is 28.1 Å². The highest BCUT2D eigenvalue weighted by Gasteiger charge is 2.27. The quantitative estimate of drug-likeness (QED) is 0.736. The first-order valence-electron chi connectivity index (χ1n) is 9.18. The molecule has 1 aromatic carbocycles. The summed E-state index contributed by atoms with van der Waals surface area (Å²) in [4.78, 5) is 31.3. The fourth-order valence-electron chi connectivity index (χ4n) is 3.79. The lowest BCUT2D eigenvalue weighted by Gasteiger charge is -2.34. The average molecular weight is 366 g/mol. The largest absolute Gasteiger partial charge is 0.330 e. The molecular formula is C21H22N2O2S. The normalized spacial score (nSPS) is 15.2. The second-order valence-electron chi connectivity index (χ2n) is 6.91. The number of fused-ring (bicyclic) bond motifs is 1. The van der Waals surface area contributed by atoms with Gasteiger partial charge in [-0.2, -0.15) is 0 Å². The Balaban J connectivity index is 1.69. The second kappa shape index (κ2) is 7.46. The van der Waals surface area contributed by atoms with Crippen LogP contribution in [-0.2, 0) is 6.54 Å². The van der Waals surface area contributed by atoms with Gasteiger partial charge in [0, 0.05) is 17.1 Å². The van der Waals surface area contributed by atoms with Gasteiger partial charge in [-0.25, -0.2) is 0 Å². The molecule has 0 radical (unpaired) electrons. The summed E-state index contributed by atoms with van der Waals surface area (Å²) in [7, 11) is 0. The Bertz CT molecular complexity index is 956. The molecule has 0 spiro atoms. The average Bonchev–Trinajstić information content (AvgIpc) is 3.21. The van der Waals surface area contributed by atoms with Crippen LogP contribution in [-0.4, -0.2) is 21.8 Å². The number of H-pyrrole nitrogens is 1. The Morgan fingerprint density at radius 1 is 1.12 bits per heavy atom. The van der Waals surface area contributed by atoms with Crippen molar-refractivity contribution in [2.45, 2.75) is 44.7 Å². The zero-order valence-corrected chi connectivity index (χ0v) is 15.4. The van der Waals surface area contributed by atoms with Gasteiger partial charge < -0.3 is 9.88 Å². The smallest absolute Gasteiger partial charge is 0.264 e. The second-order valence-corrected chi connectivity index (χ2v) is 7.86. The molecule has 4 nitrogen and oxygen atoms in total. The summed E-state index contributed by atoms with van der Waals surface area (Å²) >= 11 is 1.46. The molecule has 0 unspecified atom stereocenters. The number of aromatic nitrogens is 1. The number of hydrogen-bond donors (Lipinski definition) is 1. The summed E-state index contributed by atoms with van der Waals surface area (Å²) in [5.41, 5.74) is 1.37. The number of nitrogens with one attached hydrogen (secondary N) is 1. The fourth-order valence-corrected chi connectivity index (χ4v) is 4.47. The molecule has 0 bridgehead atoms. The van der Waals surface area contributed by atoms with Crippen LogP contribution in [0, 0.1) is 0 Å². The Labute approximate surface area is 156 Å². The Kier molecular flexibility index (Phi) is 4.89. The molecule has 0 aliphatic heterocycles. The number of rotatable bonds is 4. The minimum Gasteiger partial charge on any atom is -0.330 e. The van der Waals surface area contributed by atoms with Crippen molar-refractivity contribution in [3.05, 3.63) is 68.6 Å². The summed E-state index contributed by atoms with van der Waals surface area (Å²) in [6.45, 7) is 0.363. The predicted molar refractivity (Wildman–Crippen MR) is 106 cm³/mol. The zero-order valence-electron chi connectivity index (χ0n) is 14.6. The van der Waals surface area contributed by atoms with Gasteiger partial charge in [-0.15, -0.1) is 11.3 Å². The Morgan fingerprint density at radius 2 is 1.92 bits per heavy atom. The van der Waals surface area contributed by atoms with Crippen LogP contribution in [0.2, 0.25) is 0 Å². The Morgan fingerprint density at radius 3 is 2.69 bits per heavy atom. The van der Waals surface area contributed by atoms with Crippen LogP contribution in [0.25, 0.3) is 10.9 Å². The van der Waals surface area contributed by atoms with Gasteiger partial charge in [-0.1, -0.05) is 43.5 Å². The van der Waals surface area contributed by atoms with E-state index in [1.54, 1.807) is 0 Å². The molecule has 1 N–H and O–H groups in total. The van der Waals surface area contributed by atoms with Gasteiger partial charge in [-0.3, -0.25) is 9.59 Å². The predicted octanol–water partition coefficient (Wildman–Crippen LogP) is 4.56. The number of pyridine rings is 1. The van der Waals surface area contributed by atoms with Gasteiger partial charge in [-0.05, 0) is 41.8 Å². The van der Waals surface area contributed by atoms with Gasteiger partial charge >= 0.3 is 0 Å². The number of para-hydroxylation sites is 1. The molecule has 1 amide bonds. The minimum absolute atomic E-state index is 0.0412. The van der Waals surface area contributed by atoms with E-state index in [0.29, 0.717) is 12.1 Å². The van der Waals surface area contributed by atoms with Crippen LogP contribution in [0.1, 0.15) is 47.3 Å². The van der Waals surface area contributed by atoms with E-state index in [4.69, 9.17) is 0 Å². The van der Waals surface area contributed by atoms with E-state index >= 15 is 0 Å². The first-order valence-corrected chi connectivity index (χ1v) is 10.1. The number of amides is 1. The number of nitrogens with zero attached hydrogens (tertiary/aromatic N) is 1. The van der Waals surface area contributed by atoms with E-state index in [2.05, 4.69) is 4.98 Å². The molecule has 26 heavy (non-hydrogen) atoms. The van der Waals surface area contributed by atoms with Crippen LogP contribution in [0.5, 0.6) is 0 Å². The molecule has 3 aromatic rings. The van der Waals surface area contributed by atoms with Crippen LogP contribution >= 0.6 is 11.3 Å². The number of carbonyl (C=O) groups excluding carboxylic acids is 1. The van der Waals surface area contributed by atoms with Gasteiger partial charge in [0.25, 0.3) is 11.5 Å². The third-order valence-electron chi connectivity index (χ3n) is 5.18. The number of carbonyl (C=O) groups is 1. The Hall–Kier alpha value is -2.40. The van der Waals surface area contributed by atoms with Crippen molar-refractivity contribution in [1.82, 2.24) is 9.88 Å². The summed E-state index contributed by atoms with van der Waals surface area (Å²) in [6.07, 6.45) is 5.55. The lowest BCUT2D eigenvalue weighted by atomic mass is 9.93. The van der Waals surface area contributed by atoms with Crippen molar-refractivity contribution in [3.63, 3.8) is 0 Å². The van der Waals surface area contributed by atoms with Crippen molar-refractivity contribution in [3.8, 4) is 0 Å². The molecule has 4 rings (SSSR count). The van der Waals surface area contributed by atoms with Crippen LogP contribution in [0.4, 0.5) is 0 Å². The molecule has 134 valence electrons. The van der Waals surface area contributed by atoms with Crippen molar-refractivity contribution in [1.29, 1.82) is 0 Å². The first kappa shape index (κ1) is 17.0. The third kappa shape index (κ3) is 3.44. The number of aromatic amines is 1. The molecule has 1 aliphatic rings. The molecule has 2 heterocycles. The van der Waals surface area contributed by atoms with E-state index in [1.165, 1.54) is 17.8 Å². The van der Waals surface area contributed by atoms with E-state index < -0.39 is 0 Å². The molecule has 5 heteroatoms. The molecule has 1 saturated carbocycles. The summed E-state index contributed by atoms with van der Waals surface area (Å²) < 4.78 is 0. The first-order chi connectivity index (χ1) is 12.7. The molecule has 1 aliphatic carbocycles. The van der Waals surface area contributed by atoms with E-state index in [9.17, 15) is 9.59 Å². The molecule has 1 fully saturated rings.